The lowest BCUT2D eigenvalue weighted by Gasteiger charge is -2.23. The molecule has 0 radical (unpaired) electrons. The summed E-state index contributed by atoms with van der Waals surface area (Å²) in [4.78, 5) is 26.5. The number of benzene rings is 1. The summed E-state index contributed by atoms with van der Waals surface area (Å²) < 4.78 is 14.9. The van der Waals surface area contributed by atoms with Crippen molar-refractivity contribution in [3.8, 4) is 0 Å². The zero-order valence-corrected chi connectivity index (χ0v) is 16.1. The van der Waals surface area contributed by atoms with Gasteiger partial charge < -0.3 is 15.5 Å². The summed E-state index contributed by atoms with van der Waals surface area (Å²) in [5.41, 5.74) is 0.131. The Morgan fingerprint density at radius 3 is 2.70 bits per heavy atom. The lowest BCUT2D eigenvalue weighted by molar-refractivity contribution is -0.122. The Kier molecular flexibility index (Phi) is 6.68. The number of likely N-dealkylation sites (N-methyl/N-ethyl adjacent to an activating group) is 1. The molecule has 2 aromatic rings. The molecule has 2 amide bonds. The number of carbonyl (C=O) groups is 2. The number of hydrogen-bond donors (Lipinski definition) is 2. The minimum Gasteiger partial charge on any atom is -0.353 e. The molecule has 2 rings (SSSR count). The molecule has 0 aliphatic heterocycles. The number of anilines is 1. The van der Waals surface area contributed by atoms with Crippen LogP contribution in [0.15, 0.2) is 36.7 Å². The van der Waals surface area contributed by atoms with Gasteiger partial charge in [-0.25, -0.2) is 4.39 Å². The molecule has 0 spiro atoms. The van der Waals surface area contributed by atoms with Crippen molar-refractivity contribution in [3.63, 3.8) is 0 Å². The fourth-order valence-electron chi connectivity index (χ4n) is 2.43. The Bertz CT molecular complexity index is 801. The summed E-state index contributed by atoms with van der Waals surface area (Å²) in [7, 11) is 3.86. The Morgan fingerprint density at radius 2 is 2.04 bits per heavy atom. The third-order valence-electron chi connectivity index (χ3n) is 4.19. The fourth-order valence-corrected chi connectivity index (χ4v) is 2.43. The molecular formula is C19H26FN5O2. The Morgan fingerprint density at radius 1 is 1.30 bits per heavy atom. The van der Waals surface area contributed by atoms with E-state index in [2.05, 4.69) is 15.7 Å². The highest BCUT2D eigenvalue weighted by molar-refractivity contribution is 5.98. The van der Waals surface area contributed by atoms with Gasteiger partial charge in [-0.3, -0.25) is 14.3 Å². The van der Waals surface area contributed by atoms with Crippen molar-refractivity contribution in [1.29, 1.82) is 0 Å². The number of carbonyl (C=O) groups excluding carboxylic acids is 2. The van der Waals surface area contributed by atoms with Gasteiger partial charge in [-0.05, 0) is 45.6 Å². The lowest BCUT2D eigenvalue weighted by Crippen LogP contribution is -2.34. The molecule has 1 heterocycles. The Balaban J connectivity index is 1.94. The van der Waals surface area contributed by atoms with Crippen LogP contribution in [0, 0.1) is 5.82 Å². The molecule has 0 fully saturated rings. The van der Waals surface area contributed by atoms with E-state index in [1.807, 2.05) is 19.0 Å². The minimum atomic E-state index is -0.923. The minimum absolute atomic E-state index is 0.0661. The smallest absolute Gasteiger partial charge is 0.241 e. The fraction of sp³-hybridized carbons (Fsp3) is 0.421. The highest BCUT2D eigenvalue weighted by atomic mass is 19.1. The molecule has 1 aromatic heterocycles. The van der Waals surface area contributed by atoms with E-state index >= 15 is 0 Å². The van der Waals surface area contributed by atoms with Crippen molar-refractivity contribution in [1.82, 2.24) is 20.0 Å². The molecule has 146 valence electrons. The SMILES string of the molecule is CN(C)CCNC(=O)Cn1cc(NC(=O)C(C)(C)c2cccc(F)c2)cn1. The van der Waals surface area contributed by atoms with Crippen molar-refractivity contribution in [3.05, 3.63) is 48.0 Å². The number of nitrogens with one attached hydrogen (secondary N) is 2. The number of hydrogen-bond acceptors (Lipinski definition) is 4. The summed E-state index contributed by atoms with van der Waals surface area (Å²) in [6, 6.07) is 5.98. The highest BCUT2D eigenvalue weighted by Gasteiger charge is 2.30. The number of nitrogens with zero attached hydrogens (tertiary/aromatic N) is 3. The van der Waals surface area contributed by atoms with Crippen LogP contribution < -0.4 is 10.6 Å². The van der Waals surface area contributed by atoms with E-state index in [0.717, 1.165) is 6.54 Å². The molecule has 0 unspecified atom stereocenters. The quantitative estimate of drug-likeness (QED) is 0.735. The predicted molar refractivity (Wildman–Crippen MR) is 102 cm³/mol. The largest absolute Gasteiger partial charge is 0.353 e. The Hall–Kier alpha value is -2.74. The molecule has 0 saturated carbocycles. The van der Waals surface area contributed by atoms with Gasteiger partial charge in [0.25, 0.3) is 0 Å². The molecule has 0 aliphatic carbocycles. The number of amides is 2. The van der Waals surface area contributed by atoms with Crippen molar-refractivity contribution < 1.29 is 14.0 Å². The summed E-state index contributed by atoms with van der Waals surface area (Å²) >= 11 is 0. The van der Waals surface area contributed by atoms with Gasteiger partial charge in [0.15, 0.2) is 0 Å². The van der Waals surface area contributed by atoms with Crippen LogP contribution in [0.25, 0.3) is 0 Å². The summed E-state index contributed by atoms with van der Waals surface area (Å²) in [5.74, 6) is -0.831. The van der Waals surface area contributed by atoms with E-state index in [1.54, 1.807) is 32.2 Å². The molecule has 0 atom stereocenters. The average molecular weight is 375 g/mol. The van der Waals surface area contributed by atoms with E-state index in [-0.39, 0.29) is 24.2 Å². The molecule has 0 aliphatic rings. The Labute approximate surface area is 158 Å². The second-order valence-electron chi connectivity index (χ2n) is 7.17. The molecule has 2 N–H and O–H groups in total. The maximum Gasteiger partial charge on any atom is 0.241 e. The van der Waals surface area contributed by atoms with Crippen molar-refractivity contribution >= 4 is 17.5 Å². The molecule has 1 aromatic carbocycles. The molecule has 0 bridgehead atoms. The number of rotatable bonds is 8. The predicted octanol–water partition coefficient (Wildman–Crippen LogP) is 1.62. The monoisotopic (exact) mass is 375 g/mol. The van der Waals surface area contributed by atoms with Crippen LogP contribution in [0.4, 0.5) is 10.1 Å². The maximum absolute atomic E-state index is 13.5. The van der Waals surface area contributed by atoms with Crippen molar-refractivity contribution in [2.45, 2.75) is 25.8 Å². The number of halogens is 1. The second-order valence-corrected chi connectivity index (χ2v) is 7.17. The summed E-state index contributed by atoms with van der Waals surface area (Å²) in [6.45, 7) is 4.82. The van der Waals surface area contributed by atoms with Gasteiger partial charge in [-0.15, -0.1) is 0 Å². The zero-order chi connectivity index (χ0) is 20.0. The van der Waals surface area contributed by atoms with Crippen LogP contribution >= 0.6 is 0 Å². The van der Waals surface area contributed by atoms with Gasteiger partial charge in [0, 0.05) is 19.3 Å². The standard InChI is InChI=1S/C19H26FN5O2/c1-19(2,14-6-5-7-15(20)10-14)18(27)23-16-11-22-25(12-16)13-17(26)21-8-9-24(3)4/h5-7,10-12H,8-9,13H2,1-4H3,(H,21,26)(H,23,27). The van der Waals surface area contributed by atoms with E-state index in [0.29, 0.717) is 17.8 Å². The summed E-state index contributed by atoms with van der Waals surface area (Å²) in [6.07, 6.45) is 3.07. The summed E-state index contributed by atoms with van der Waals surface area (Å²) in [5, 5.41) is 9.66. The third kappa shape index (κ3) is 5.89. The first-order valence-electron chi connectivity index (χ1n) is 8.70. The highest BCUT2D eigenvalue weighted by Crippen LogP contribution is 2.25. The molecule has 27 heavy (non-hydrogen) atoms. The first kappa shape index (κ1) is 20.6. The van der Waals surface area contributed by atoms with Crippen LogP contribution in [0.1, 0.15) is 19.4 Å². The van der Waals surface area contributed by atoms with Crippen LogP contribution in [0.3, 0.4) is 0 Å². The zero-order valence-electron chi connectivity index (χ0n) is 16.1. The van der Waals surface area contributed by atoms with E-state index in [4.69, 9.17) is 0 Å². The number of aromatic nitrogens is 2. The first-order valence-corrected chi connectivity index (χ1v) is 8.70. The van der Waals surface area contributed by atoms with Crippen LogP contribution in [0.2, 0.25) is 0 Å². The van der Waals surface area contributed by atoms with E-state index in [1.165, 1.54) is 23.0 Å². The second kappa shape index (κ2) is 8.77. The van der Waals surface area contributed by atoms with Crippen LogP contribution in [-0.2, 0) is 21.5 Å². The van der Waals surface area contributed by atoms with Gasteiger partial charge in [-0.1, -0.05) is 12.1 Å². The van der Waals surface area contributed by atoms with Gasteiger partial charge in [-0.2, -0.15) is 5.10 Å². The van der Waals surface area contributed by atoms with Gasteiger partial charge in [0.05, 0.1) is 17.3 Å². The first-order chi connectivity index (χ1) is 12.7. The lowest BCUT2D eigenvalue weighted by atomic mass is 9.83. The third-order valence-corrected chi connectivity index (χ3v) is 4.19. The molecular weight excluding hydrogens is 349 g/mol. The maximum atomic E-state index is 13.5. The van der Waals surface area contributed by atoms with E-state index < -0.39 is 5.41 Å². The van der Waals surface area contributed by atoms with Gasteiger partial charge in [0.2, 0.25) is 11.8 Å². The topological polar surface area (TPSA) is 79.3 Å². The molecule has 8 heteroatoms. The van der Waals surface area contributed by atoms with Crippen molar-refractivity contribution in [2.75, 3.05) is 32.5 Å². The normalized spacial score (nSPS) is 11.5. The van der Waals surface area contributed by atoms with Crippen LogP contribution in [0.5, 0.6) is 0 Å². The van der Waals surface area contributed by atoms with Crippen molar-refractivity contribution in [2.24, 2.45) is 0 Å². The van der Waals surface area contributed by atoms with Crippen LogP contribution in [-0.4, -0.2) is 53.7 Å². The van der Waals surface area contributed by atoms with Gasteiger partial charge >= 0.3 is 0 Å². The molecule has 0 saturated heterocycles. The van der Waals surface area contributed by atoms with E-state index in [9.17, 15) is 14.0 Å². The molecule has 7 nitrogen and oxygen atoms in total. The van der Waals surface area contributed by atoms with Gasteiger partial charge in [0.1, 0.15) is 12.4 Å². The average Bonchev–Trinajstić information content (AvgIpc) is 3.01.